The van der Waals surface area contributed by atoms with Gasteiger partial charge in [0.05, 0.1) is 5.92 Å². The van der Waals surface area contributed by atoms with Crippen molar-refractivity contribution in [2.75, 3.05) is 40.5 Å². The van der Waals surface area contributed by atoms with Gasteiger partial charge in [-0.2, -0.15) is 0 Å². The quantitative estimate of drug-likeness (QED) is 0.165. The first-order chi connectivity index (χ1) is 21.6. The van der Waals surface area contributed by atoms with Crippen LogP contribution in [0.15, 0.2) is 30.3 Å². The van der Waals surface area contributed by atoms with E-state index in [2.05, 4.69) is 36.3 Å². The van der Waals surface area contributed by atoms with Crippen molar-refractivity contribution in [3.8, 4) is 24.7 Å². The highest BCUT2D eigenvalue weighted by atomic mass is 19.1. The van der Waals surface area contributed by atoms with Crippen molar-refractivity contribution in [2.24, 2.45) is 17.8 Å². The van der Waals surface area contributed by atoms with Gasteiger partial charge in [-0.3, -0.25) is 19.3 Å². The lowest BCUT2D eigenvalue weighted by Crippen LogP contribution is -2.50. The molecule has 1 fully saturated rings. The second-order valence-corrected chi connectivity index (χ2v) is 12.5. The standard InChI is InChI=1S/C30H43FN4O3.C7H14/c1-6-9-15-25(13-7-2)22-32-30(38)27(14-8-3)33-29(37)26(20-24-16-11-10-12-17-24)21-28(36)35(5)19-18-34(4)23-31;1-7-5-3-2-4-6-7/h1,3,10-12,16-17,25-27H,7,9,13-15,18-23H2,2,4-5H3,(H,32,38)(H,33,37);7H,2-6H2,1H3/t25?,26-,27?;/m1./s1. The minimum absolute atomic E-state index is 0.0296. The lowest BCUT2D eigenvalue weighted by molar-refractivity contribution is -0.136. The maximum atomic E-state index is 13.4. The number of carbonyl (C=O) groups excluding carboxylic acids is 3. The molecule has 8 heteroatoms. The molecule has 45 heavy (non-hydrogen) atoms. The number of halogens is 1. The molecule has 3 atom stereocenters. The Morgan fingerprint density at radius 2 is 1.69 bits per heavy atom. The minimum atomic E-state index is -0.910. The van der Waals surface area contributed by atoms with Gasteiger partial charge in [-0.15, -0.1) is 24.7 Å². The van der Waals surface area contributed by atoms with Crippen LogP contribution in [0.4, 0.5) is 4.39 Å². The first kappa shape index (κ1) is 39.7. The minimum Gasteiger partial charge on any atom is -0.354 e. The zero-order chi connectivity index (χ0) is 33.5. The molecule has 1 saturated carbocycles. The fourth-order valence-electron chi connectivity index (χ4n) is 5.36. The van der Waals surface area contributed by atoms with E-state index in [0.29, 0.717) is 32.5 Å². The van der Waals surface area contributed by atoms with Crippen LogP contribution in [0.2, 0.25) is 0 Å². The highest BCUT2D eigenvalue weighted by Gasteiger charge is 2.28. The number of hydrogen-bond acceptors (Lipinski definition) is 4. The number of benzene rings is 1. The van der Waals surface area contributed by atoms with E-state index in [1.807, 2.05) is 30.3 Å². The number of carbonyl (C=O) groups is 3. The third kappa shape index (κ3) is 17.6. The largest absolute Gasteiger partial charge is 0.354 e. The van der Waals surface area contributed by atoms with Crippen LogP contribution in [0.5, 0.6) is 0 Å². The van der Waals surface area contributed by atoms with Gasteiger partial charge in [-0.1, -0.05) is 82.7 Å². The van der Waals surface area contributed by atoms with Crippen LogP contribution in [0.25, 0.3) is 0 Å². The average Bonchev–Trinajstić information content (AvgIpc) is 3.05. The molecule has 0 aromatic heterocycles. The van der Waals surface area contributed by atoms with E-state index >= 15 is 0 Å². The summed E-state index contributed by atoms with van der Waals surface area (Å²) in [5, 5.41) is 5.71. The predicted octanol–water partition coefficient (Wildman–Crippen LogP) is 5.59. The van der Waals surface area contributed by atoms with Crippen LogP contribution in [0.1, 0.15) is 90.0 Å². The molecular weight excluding hydrogens is 567 g/mol. The Balaban J connectivity index is 0.00000126. The lowest BCUT2D eigenvalue weighted by atomic mass is 9.91. The van der Waals surface area contributed by atoms with E-state index in [1.165, 1.54) is 41.9 Å². The zero-order valence-electron chi connectivity index (χ0n) is 28.2. The summed E-state index contributed by atoms with van der Waals surface area (Å²) in [6.07, 6.45) is 22.0. The topological polar surface area (TPSA) is 81.8 Å². The molecule has 0 spiro atoms. The van der Waals surface area contributed by atoms with Gasteiger partial charge in [0.15, 0.2) is 0 Å². The number of terminal acetylenes is 2. The summed E-state index contributed by atoms with van der Waals surface area (Å²) >= 11 is 0. The second kappa shape index (κ2) is 23.9. The first-order valence-corrected chi connectivity index (χ1v) is 16.6. The average molecular weight is 625 g/mol. The van der Waals surface area contributed by atoms with Crippen LogP contribution in [-0.2, 0) is 20.8 Å². The Morgan fingerprint density at radius 3 is 2.24 bits per heavy atom. The molecule has 3 amide bonds. The molecule has 2 rings (SSSR count). The summed E-state index contributed by atoms with van der Waals surface area (Å²) < 4.78 is 12.8. The molecule has 0 heterocycles. The van der Waals surface area contributed by atoms with E-state index < -0.39 is 24.7 Å². The summed E-state index contributed by atoms with van der Waals surface area (Å²) in [5.41, 5.74) is 0.897. The Bertz CT molecular complexity index is 1060. The molecule has 2 N–H and O–H groups in total. The number of alkyl halides is 1. The number of amides is 3. The summed E-state index contributed by atoms with van der Waals surface area (Å²) in [4.78, 5) is 42.2. The monoisotopic (exact) mass is 624 g/mol. The SMILES string of the molecule is C#CCCC(CCC)CNC(=O)C(CC#C)NC(=O)[C@@H](CC(=O)N(C)CCN(C)CF)Cc1ccccc1.CC1CCCCC1. The molecule has 1 aromatic rings. The number of likely N-dealkylation sites (N-methyl/N-ethyl adjacent to an activating group) is 2. The van der Waals surface area contributed by atoms with Gasteiger partial charge in [0.1, 0.15) is 12.8 Å². The Morgan fingerprint density at radius 1 is 1.00 bits per heavy atom. The van der Waals surface area contributed by atoms with Gasteiger partial charge < -0.3 is 15.5 Å². The normalized spacial score (nSPS) is 14.9. The Hall–Kier alpha value is -3.36. The van der Waals surface area contributed by atoms with Gasteiger partial charge in [0, 0.05) is 45.9 Å². The maximum absolute atomic E-state index is 13.4. The lowest BCUT2D eigenvalue weighted by Gasteiger charge is -2.25. The van der Waals surface area contributed by atoms with Crippen LogP contribution in [0.3, 0.4) is 0 Å². The van der Waals surface area contributed by atoms with Gasteiger partial charge >= 0.3 is 0 Å². The number of hydrogen-bond donors (Lipinski definition) is 2. The van der Waals surface area contributed by atoms with E-state index in [-0.39, 0.29) is 30.6 Å². The van der Waals surface area contributed by atoms with Crippen LogP contribution in [-0.4, -0.2) is 74.1 Å². The second-order valence-electron chi connectivity index (χ2n) is 12.5. The molecule has 0 bridgehead atoms. The van der Waals surface area contributed by atoms with Gasteiger partial charge in [-0.25, -0.2) is 4.39 Å². The molecule has 2 unspecified atom stereocenters. The maximum Gasteiger partial charge on any atom is 0.243 e. The molecule has 1 aliphatic rings. The Kier molecular flexibility index (Phi) is 21.1. The first-order valence-electron chi connectivity index (χ1n) is 16.6. The fourth-order valence-corrected chi connectivity index (χ4v) is 5.36. The number of rotatable bonds is 18. The van der Waals surface area contributed by atoms with E-state index in [0.717, 1.165) is 30.7 Å². The van der Waals surface area contributed by atoms with E-state index in [9.17, 15) is 18.8 Å². The Labute approximate surface area is 272 Å². The van der Waals surface area contributed by atoms with Crippen molar-refractivity contribution in [1.29, 1.82) is 0 Å². The molecule has 1 aromatic carbocycles. The van der Waals surface area contributed by atoms with Crippen molar-refractivity contribution < 1.29 is 18.8 Å². The fraction of sp³-hybridized carbons (Fsp3) is 0.649. The summed E-state index contributed by atoms with van der Waals surface area (Å²) in [5.74, 6) is 4.69. The van der Waals surface area contributed by atoms with E-state index in [1.54, 1.807) is 14.1 Å². The van der Waals surface area contributed by atoms with Crippen molar-refractivity contribution in [3.05, 3.63) is 35.9 Å². The highest BCUT2D eigenvalue weighted by molar-refractivity contribution is 5.91. The van der Waals surface area contributed by atoms with Crippen molar-refractivity contribution >= 4 is 17.7 Å². The third-order valence-corrected chi connectivity index (χ3v) is 8.37. The van der Waals surface area contributed by atoms with Crippen LogP contribution >= 0.6 is 0 Å². The molecule has 0 aliphatic heterocycles. The van der Waals surface area contributed by atoms with Crippen molar-refractivity contribution in [3.63, 3.8) is 0 Å². The molecule has 7 nitrogen and oxygen atoms in total. The highest BCUT2D eigenvalue weighted by Crippen LogP contribution is 2.22. The molecular formula is C37H57FN4O3. The number of nitrogens with one attached hydrogen (secondary N) is 2. The van der Waals surface area contributed by atoms with Gasteiger partial charge in [0.25, 0.3) is 0 Å². The molecule has 1 aliphatic carbocycles. The van der Waals surface area contributed by atoms with Crippen molar-refractivity contribution in [2.45, 2.75) is 96.9 Å². The van der Waals surface area contributed by atoms with Crippen LogP contribution < -0.4 is 10.6 Å². The van der Waals surface area contributed by atoms with Crippen molar-refractivity contribution in [1.82, 2.24) is 20.4 Å². The number of nitrogens with zero attached hydrogens (tertiary/aromatic N) is 2. The summed E-state index contributed by atoms with van der Waals surface area (Å²) in [6.45, 7) is 4.99. The summed E-state index contributed by atoms with van der Waals surface area (Å²) in [6, 6.07) is 8.48. The smallest absolute Gasteiger partial charge is 0.243 e. The zero-order valence-corrected chi connectivity index (χ0v) is 28.2. The van der Waals surface area contributed by atoms with E-state index in [4.69, 9.17) is 12.8 Å². The van der Waals surface area contributed by atoms with Crippen LogP contribution in [0, 0.1) is 42.4 Å². The molecule has 0 saturated heterocycles. The molecule has 250 valence electrons. The third-order valence-electron chi connectivity index (χ3n) is 8.37. The molecule has 0 radical (unpaired) electrons. The predicted molar refractivity (Wildman–Crippen MR) is 182 cm³/mol. The van der Waals surface area contributed by atoms with Gasteiger partial charge in [0.2, 0.25) is 17.7 Å². The van der Waals surface area contributed by atoms with Gasteiger partial charge in [-0.05, 0) is 43.7 Å². The summed E-state index contributed by atoms with van der Waals surface area (Å²) in [7, 11) is 3.26.